The standard InChI is InChI=1S/C9H19NO2/c1-5-7(4)8(9(11)12)10-6(2)3/h6-8,10H,5H2,1-4H3,(H,11,12)/t7-,8-/m1/s1. The van der Waals surface area contributed by atoms with Crippen LogP contribution in [0.3, 0.4) is 0 Å². The summed E-state index contributed by atoms with van der Waals surface area (Å²) in [5.74, 6) is -0.567. The number of carboxylic acid groups (broad SMARTS) is 1. The first kappa shape index (κ1) is 11.4. The van der Waals surface area contributed by atoms with Gasteiger partial charge in [0.25, 0.3) is 0 Å². The fourth-order valence-corrected chi connectivity index (χ4v) is 1.07. The van der Waals surface area contributed by atoms with Crippen LogP contribution in [0, 0.1) is 5.92 Å². The highest BCUT2D eigenvalue weighted by Gasteiger charge is 2.23. The maximum Gasteiger partial charge on any atom is 0.320 e. The van der Waals surface area contributed by atoms with E-state index in [4.69, 9.17) is 5.11 Å². The minimum atomic E-state index is -0.752. The summed E-state index contributed by atoms with van der Waals surface area (Å²) in [6, 6.07) is -0.185. The molecule has 0 saturated heterocycles. The van der Waals surface area contributed by atoms with Crippen LogP contribution in [0.2, 0.25) is 0 Å². The van der Waals surface area contributed by atoms with Gasteiger partial charge >= 0.3 is 5.97 Å². The molecule has 0 amide bonds. The first-order chi connectivity index (χ1) is 5.49. The van der Waals surface area contributed by atoms with Gasteiger partial charge in [-0.25, -0.2) is 0 Å². The van der Waals surface area contributed by atoms with Crippen molar-refractivity contribution in [1.29, 1.82) is 0 Å². The van der Waals surface area contributed by atoms with E-state index in [-0.39, 0.29) is 12.0 Å². The molecule has 0 fully saturated rings. The molecule has 72 valence electrons. The Hall–Kier alpha value is -0.570. The Morgan fingerprint density at radius 3 is 2.17 bits per heavy atom. The van der Waals surface area contributed by atoms with Gasteiger partial charge in [0.2, 0.25) is 0 Å². The summed E-state index contributed by atoms with van der Waals surface area (Å²) >= 11 is 0. The molecule has 0 unspecified atom stereocenters. The third-order valence-corrected chi connectivity index (χ3v) is 1.99. The topological polar surface area (TPSA) is 49.3 Å². The molecule has 0 aromatic heterocycles. The van der Waals surface area contributed by atoms with Crippen LogP contribution in [0.5, 0.6) is 0 Å². The second-order valence-electron chi connectivity index (χ2n) is 3.52. The van der Waals surface area contributed by atoms with Crippen molar-refractivity contribution in [3.8, 4) is 0 Å². The lowest BCUT2D eigenvalue weighted by Crippen LogP contribution is -2.45. The van der Waals surface area contributed by atoms with Gasteiger partial charge < -0.3 is 10.4 Å². The molecule has 3 nitrogen and oxygen atoms in total. The lowest BCUT2D eigenvalue weighted by atomic mass is 9.99. The average molecular weight is 173 g/mol. The van der Waals surface area contributed by atoms with E-state index in [0.717, 1.165) is 6.42 Å². The second kappa shape index (κ2) is 5.14. The largest absolute Gasteiger partial charge is 0.480 e. The average Bonchev–Trinajstić information content (AvgIpc) is 1.98. The molecule has 0 aliphatic rings. The highest BCUT2D eigenvalue weighted by atomic mass is 16.4. The Morgan fingerprint density at radius 1 is 1.42 bits per heavy atom. The molecule has 0 radical (unpaired) electrons. The van der Waals surface area contributed by atoms with E-state index in [2.05, 4.69) is 5.32 Å². The number of hydrogen-bond donors (Lipinski definition) is 2. The van der Waals surface area contributed by atoms with Gasteiger partial charge in [0.05, 0.1) is 0 Å². The van der Waals surface area contributed by atoms with Gasteiger partial charge in [-0.15, -0.1) is 0 Å². The molecule has 0 rings (SSSR count). The Bertz CT molecular complexity index is 145. The van der Waals surface area contributed by atoms with Crippen molar-refractivity contribution in [2.45, 2.75) is 46.2 Å². The summed E-state index contributed by atoms with van der Waals surface area (Å²) in [4.78, 5) is 10.8. The SMILES string of the molecule is CC[C@@H](C)[C@@H](NC(C)C)C(=O)O. The van der Waals surface area contributed by atoms with Crippen molar-refractivity contribution < 1.29 is 9.90 Å². The highest BCUT2D eigenvalue weighted by Crippen LogP contribution is 2.08. The van der Waals surface area contributed by atoms with Crippen LogP contribution in [0.25, 0.3) is 0 Å². The third kappa shape index (κ3) is 3.72. The van der Waals surface area contributed by atoms with E-state index in [0.29, 0.717) is 0 Å². The van der Waals surface area contributed by atoms with Crippen molar-refractivity contribution in [3.63, 3.8) is 0 Å². The Balaban J connectivity index is 4.13. The van der Waals surface area contributed by atoms with E-state index in [1.54, 1.807) is 0 Å². The fraction of sp³-hybridized carbons (Fsp3) is 0.889. The van der Waals surface area contributed by atoms with Crippen LogP contribution in [0.15, 0.2) is 0 Å². The zero-order valence-corrected chi connectivity index (χ0v) is 8.29. The van der Waals surface area contributed by atoms with Gasteiger partial charge in [0, 0.05) is 6.04 Å². The molecule has 0 bridgehead atoms. The number of hydrogen-bond acceptors (Lipinski definition) is 2. The predicted molar refractivity (Wildman–Crippen MR) is 49.2 cm³/mol. The Morgan fingerprint density at radius 2 is 1.92 bits per heavy atom. The zero-order valence-electron chi connectivity index (χ0n) is 8.29. The van der Waals surface area contributed by atoms with Crippen LogP contribution < -0.4 is 5.32 Å². The van der Waals surface area contributed by atoms with Crippen LogP contribution >= 0.6 is 0 Å². The van der Waals surface area contributed by atoms with Crippen molar-refractivity contribution in [2.24, 2.45) is 5.92 Å². The van der Waals surface area contributed by atoms with Crippen molar-refractivity contribution in [2.75, 3.05) is 0 Å². The van der Waals surface area contributed by atoms with E-state index >= 15 is 0 Å². The van der Waals surface area contributed by atoms with Crippen molar-refractivity contribution in [3.05, 3.63) is 0 Å². The number of rotatable bonds is 5. The summed E-state index contributed by atoms with van der Waals surface area (Å²) < 4.78 is 0. The molecule has 0 heterocycles. The van der Waals surface area contributed by atoms with Gasteiger partial charge in [-0.1, -0.05) is 34.1 Å². The number of nitrogens with one attached hydrogen (secondary N) is 1. The highest BCUT2D eigenvalue weighted by molar-refractivity contribution is 5.73. The first-order valence-corrected chi connectivity index (χ1v) is 4.47. The van der Waals surface area contributed by atoms with Crippen LogP contribution in [0.4, 0.5) is 0 Å². The summed E-state index contributed by atoms with van der Waals surface area (Å²) in [6.07, 6.45) is 0.886. The van der Waals surface area contributed by atoms with Gasteiger partial charge in [-0.2, -0.15) is 0 Å². The summed E-state index contributed by atoms with van der Waals surface area (Å²) in [7, 11) is 0. The van der Waals surface area contributed by atoms with E-state index in [1.807, 2.05) is 27.7 Å². The normalized spacial score (nSPS) is 16.1. The second-order valence-corrected chi connectivity index (χ2v) is 3.52. The maximum atomic E-state index is 10.8. The van der Waals surface area contributed by atoms with Crippen LogP contribution in [-0.2, 0) is 4.79 Å². The van der Waals surface area contributed by atoms with Gasteiger partial charge in [-0.3, -0.25) is 4.79 Å². The molecule has 3 heteroatoms. The minimum absolute atomic E-state index is 0.185. The van der Waals surface area contributed by atoms with Crippen LogP contribution in [0.1, 0.15) is 34.1 Å². The van der Waals surface area contributed by atoms with E-state index in [9.17, 15) is 4.79 Å². The number of carboxylic acids is 1. The molecule has 12 heavy (non-hydrogen) atoms. The summed E-state index contributed by atoms with van der Waals surface area (Å²) in [5.41, 5.74) is 0. The monoisotopic (exact) mass is 173 g/mol. The maximum absolute atomic E-state index is 10.8. The van der Waals surface area contributed by atoms with Gasteiger partial charge in [0.15, 0.2) is 0 Å². The Kier molecular flexibility index (Phi) is 4.90. The molecular weight excluding hydrogens is 154 g/mol. The summed E-state index contributed by atoms with van der Waals surface area (Å²) in [6.45, 7) is 7.87. The lowest BCUT2D eigenvalue weighted by Gasteiger charge is -2.22. The zero-order chi connectivity index (χ0) is 9.72. The molecule has 0 aliphatic carbocycles. The number of carbonyl (C=O) groups is 1. The van der Waals surface area contributed by atoms with Crippen LogP contribution in [-0.4, -0.2) is 23.2 Å². The van der Waals surface area contributed by atoms with Gasteiger partial charge in [-0.05, 0) is 5.92 Å². The van der Waals surface area contributed by atoms with E-state index < -0.39 is 12.0 Å². The smallest absolute Gasteiger partial charge is 0.320 e. The van der Waals surface area contributed by atoms with E-state index in [1.165, 1.54) is 0 Å². The van der Waals surface area contributed by atoms with Crippen molar-refractivity contribution in [1.82, 2.24) is 5.32 Å². The molecule has 2 N–H and O–H groups in total. The molecule has 0 spiro atoms. The minimum Gasteiger partial charge on any atom is -0.480 e. The van der Waals surface area contributed by atoms with Crippen molar-refractivity contribution >= 4 is 5.97 Å². The Labute approximate surface area is 74.2 Å². The quantitative estimate of drug-likeness (QED) is 0.662. The molecule has 0 aromatic rings. The number of aliphatic carboxylic acids is 1. The predicted octanol–water partition coefficient (Wildman–Crippen LogP) is 1.48. The fourth-order valence-electron chi connectivity index (χ4n) is 1.07. The third-order valence-electron chi connectivity index (χ3n) is 1.99. The molecule has 0 aromatic carbocycles. The first-order valence-electron chi connectivity index (χ1n) is 4.47. The van der Waals surface area contributed by atoms with Gasteiger partial charge in [0.1, 0.15) is 6.04 Å². The lowest BCUT2D eigenvalue weighted by molar-refractivity contribution is -0.141. The molecule has 0 saturated carbocycles. The molecule has 2 atom stereocenters. The molecular formula is C9H19NO2. The summed E-state index contributed by atoms with van der Waals surface area (Å²) in [5, 5.41) is 11.9. The molecule has 0 aliphatic heterocycles.